The lowest BCUT2D eigenvalue weighted by Gasteiger charge is -2.23. The molecule has 0 aliphatic carbocycles. The Kier molecular flexibility index (Phi) is 5.53. The smallest absolute Gasteiger partial charge is 0.0459 e. The lowest BCUT2D eigenvalue weighted by molar-refractivity contribution is 0.646. The Morgan fingerprint density at radius 1 is 1.21 bits per heavy atom. The fraction of sp³-hybridized carbons (Fsp3) is 0.625. The molecule has 0 saturated carbocycles. The van der Waals surface area contributed by atoms with Crippen LogP contribution >= 0.6 is 11.6 Å². The number of rotatable bonds is 4. The van der Waals surface area contributed by atoms with Gasteiger partial charge in [-0.2, -0.15) is 0 Å². The summed E-state index contributed by atoms with van der Waals surface area (Å²) >= 11 is 6.41. The highest BCUT2D eigenvalue weighted by atomic mass is 35.5. The van der Waals surface area contributed by atoms with E-state index >= 15 is 0 Å². The first-order valence-electron chi connectivity index (χ1n) is 7.49. The highest BCUT2D eigenvalue weighted by Gasteiger charge is 2.12. The third-order valence-corrected chi connectivity index (χ3v) is 4.37. The van der Waals surface area contributed by atoms with E-state index in [-0.39, 0.29) is 6.04 Å². The van der Waals surface area contributed by atoms with Crippen LogP contribution in [0.25, 0.3) is 0 Å². The van der Waals surface area contributed by atoms with Gasteiger partial charge in [-0.15, -0.1) is 0 Å². The average molecular weight is 281 g/mol. The fourth-order valence-corrected chi connectivity index (χ4v) is 2.91. The molecule has 0 aromatic heterocycles. The summed E-state index contributed by atoms with van der Waals surface area (Å²) in [5, 5.41) is 0.866. The zero-order valence-corrected chi connectivity index (χ0v) is 12.6. The summed E-state index contributed by atoms with van der Waals surface area (Å²) in [6.45, 7) is 4.43. The van der Waals surface area contributed by atoms with Crippen molar-refractivity contribution in [3.05, 3.63) is 28.8 Å². The SMILES string of the molecule is CCC(N)Cc1ccc(N2CCCCCC2)cc1Cl. The molecule has 1 heterocycles. The first-order valence-corrected chi connectivity index (χ1v) is 7.87. The van der Waals surface area contributed by atoms with E-state index in [0.717, 1.165) is 31.0 Å². The molecule has 0 amide bonds. The predicted molar refractivity (Wildman–Crippen MR) is 84.1 cm³/mol. The van der Waals surface area contributed by atoms with Gasteiger partial charge < -0.3 is 10.6 Å². The largest absolute Gasteiger partial charge is 0.371 e. The topological polar surface area (TPSA) is 29.3 Å². The molecule has 19 heavy (non-hydrogen) atoms. The van der Waals surface area contributed by atoms with Gasteiger partial charge in [0.1, 0.15) is 0 Å². The summed E-state index contributed by atoms with van der Waals surface area (Å²) < 4.78 is 0. The molecule has 0 radical (unpaired) electrons. The van der Waals surface area contributed by atoms with Gasteiger partial charge in [0.2, 0.25) is 0 Å². The summed E-state index contributed by atoms with van der Waals surface area (Å²) in [7, 11) is 0. The number of nitrogens with zero attached hydrogens (tertiary/aromatic N) is 1. The van der Waals surface area contributed by atoms with Crippen LogP contribution in [0, 0.1) is 0 Å². The van der Waals surface area contributed by atoms with Gasteiger partial charge in [0.25, 0.3) is 0 Å². The van der Waals surface area contributed by atoms with Crippen LogP contribution in [0.5, 0.6) is 0 Å². The van der Waals surface area contributed by atoms with Crippen molar-refractivity contribution in [3.63, 3.8) is 0 Å². The maximum Gasteiger partial charge on any atom is 0.0459 e. The number of benzene rings is 1. The third-order valence-electron chi connectivity index (χ3n) is 4.01. The molecule has 1 fully saturated rings. The summed E-state index contributed by atoms with van der Waals surface area (Å²) in [5.74, 6) is 0. The molecule has 2 N–H and O–H groups in total. The summed E-state index contributed by atoms with van der Waals surface area (Å²) in [4.78, 5) is 2.46. The maximum atomic E-state index is 6.41. The number of anilines is 1. The highest BCUT2D eigenvalue weighted by Crippen LogP contribution is 2.26. The van der Waals surface area contributed by atoms with Crippen LogP contribution in [0.4, 0.5) is 5.69 Å². The molecule has 1 atom stereocenters. The van der Waals surface area contributed by atoms with Gasteiger partial charge in [0.05, 0.1) is 0 Å². The number of hydrogen-bond acceptors (Lipinski definition) is 2. The standard InChI is InChI=1S/C16H25ClN2/c1-2-14(18)11-13-7-8-15(12-16(13)17)19-9-5-3-4-6-10-19/h7-8,12,14H,2-6,9-11,18H2,1H3. The van der Waals surface area contributed by atoms with Crippen LogP contribution in [-0.4, -0.2) is 19.1 Å². The van der Waals surface area contributed by atoms with Crippen molar-refractivity contribution < 1.29 is 0 Å². The minimum Gasteiger partial charge on any atom is -0.371 e. The van der Waals surface area contributed by atoms with Crippen LogP contribution < -0.4 is 10.6 Å². The Labute approximate surface area is 121 Å². The molecule has 0 spiro atoms. The summed E-state index contributed by atoms with van der Waals surface area (Å²) in [5.41, 5.74) is 8.45. The Bertz CT molecular complexity index is 398. The molecular weight excluding hydrogens is 256 g/mol. The molecule has 1 unspecified atom stereocenters. The molecule has 2 nitrogen and oxygen atoms in total. The third kappa shape index (κ3) is 4.12. The van der Waals surface area contributed by atoms with E-state index in [1.54, 1.807) is 0 Å². The van der Waals surface area contributed by atoms with Gasteiger partial charge in [-0.1, -0.05) is 37.4 Å². The second kappa shape index (κ2) is 7.16. The summed E-state index contributed by atoms with van der Waals surface area (Å²) in [6.07, 6.45) is 7.15. The van der Waals surface area contributed by atoms with Crippen LogP contribution in [0.1, 0.15) is 44.6 Å². The quantitative estimate of drug-likeness (QED) is 0.903. The Morgan fingerprint density at radius 3 is 2.47 bits per heavy atom. The number of nitrogens with two attached hydrogens (primary N) is 1. The number of halogens is 1. The molecule has 3 heteroatoms. The van der Waals surface area contributed by atoms with Gasteiger partial charge in [-0.3, -0.25) is 0 Å². The van der Waals surface area contributed by atoms with E-state index in [0.29, 0.717) is 0 Å². The first-order chi connectivity index (χ1) is 9.20. The maximum absolute atomic E-state index is 6.41. The van der Waals surface area contributed by atoms with Gasteiger partial charge >= 0.3 is 0 Å². The average Bonchev–Trinajstić information content (AvgIpc) is 2.69. The molecule has 1 aliphatic heterocycles. The fourth-order valence-electron chi connectivity index (χ4n) is 2.65. The van der Waals surface area contributed by atoms with Crippen molar-refractivity contribution in [1.29, 1.82) is 0 Å². The van der Waals surface area contributed by atoms with Gasteiger partial charge in [-0.25, -0.2) is 0 Å². The minimum absolute atomic E-state index is 0.210. The van der Waals surface area contributed by atoms with E-state index in [1.807, 2.05) is 0 Å². The second-order valence-corrected chi connectivity index (χ2v) is 5.96. The lowest BCUT2D eigenvalue weighted by atomic mass is 10.0. The first kappa shape index (κ1) is 14.7. The van der Waals surface area contributed by atoms with E-state index in [2.05, 4.69) is 30.0 Å². The molecule has 1 aliphatic rings. The monoisotopic (exact) mass is 280 g/mol. The highest BCUT2D eigenvalue weighted by molar-refractivity contribution is 6.31. The normalized spacial score (nSPS) is 18.2. The van der Waals surface area contributed by atoms with Crippen molar-refractivity contribution in [2.24, 2.45) is 5.73 Å². The molecule has 106 valence electrons. The molecule has 1 aromatic rings. The Hall–Kier alpha value is -0.730. The number of hydrogen-bond donors (Lipinski definition) is 1. The van der Waals surface area contributed by atoms with Crippen LogP contribution in [0.3, 0.4) is 0 Å². The van der Waals surface area contributed by atoms with E-state index in [9.17, 15) is 0 Å². The Balaban J connectivity index is 2.08. The van der Waals surface area contributed by atoms with E-state index in [1.165, 1.54) is 36.9 Å². The summed E-state index contributed by atoms with van der Waals surface area (Å²) in [6, 6.07) is 6.68. The second-order valence-electron chi connectivity index (χ2n) is 5.55. The molecule has 2 rings (SSSR count). The lowest BCUT2D eigenvalue weighted by Crippen LogP contribution is -2.24. The Morgan fingerprint density at radius 2 is 1.89 bits per heavy atom. The molecule has 0 bridgehead atoms. The van der Waals surface area contributed by atoms with Crippen molar-refractivity contribution in [1.82, 2.24) is 0 Å². The molecule has 1 aromatic carbocycles. The molecular formula is C16H25ClN2. The zero-order chi connectivity index (χ0) is 13.7. The zero-order valence-electron chi connectivity index (χ0n) is 11.9. The van der Waals surface area contributed by atoms with Gasteiger partial charge in [0.15, 0.2) is 0 Å². The van der Waals surface area contributed by atoms with Crippen molar-refractivity contribution in [3.8, 4) is 0 Å². The van der Waals surface area contributed by atoms with Crippen LogP contribution in [-0.2, 0) is 6.42 Å². The van der Waals surface area contributed by atoms with Crippen molar-refractivity contribution >= 4 is 17.3 Å². The van der Waals surface area contributed by atoms with E-state index in [4.69, 9.17) is 17.3 Å². The van der Waals surface area contributed by atoms with E-state index < -0.39 is 0 Å². The van der Waals surface area contributed by atoms with Gasteiger partial charge in [-0.05, 0) is 43.4 Å². The van der Waals surface area contributed by atoms with Crippen LogP contribution in [0.2, 0.25) is 5.02 Å². The molecule has 1 saturated heterocycles. The van der Waals surface area contributed by atoms with Crippen molar-refractivity contribution in [2.75, 3.05) is 18.0 Å². The van der Waals surface area contributed by atoms with Crippen molar-refractivity contribution in [2.45, 2.75) is 51.5 Å². The van der Waals surface area contributed by atoms with Gasteiger partial charge in [0, 0.05) is 29.8 Å². The van der Waals surface area contributed by atoms with Crippen LogP contribution in [0.15, 0.2) is 18.2 Å². The predicted octanol–water partition coefficient (Wildman–Crippen LogP) is 4.00. The minimum atomic E-state index is 0.210.